The minimum absolute atomic E-state index is 0.0960. The molecule has 0 saturated heterocycles. The van der Waals surface area contributed by atoms with E-state index in [0.29, 0.717) is 5.16 Å². The second-order valence-electron chi connectivity index (χ2n) is 6.01. The molecule has 23 heavy (non-hydrogen) atoms. The highest BCUT2D eigenvalue weighted by molar-refractivity contribution is 8.00. The zero-order valence-corrected chi connectivity index (χ0v) is 15.1. The van der Waals surface area contributed by atoms with Gasteiger partial charge in [-0.2, -0.15) is 0 Å². The van der Waals surface area contributed by atoms with Crippen LogP contribution < -0.4 is 5.56 Å². The number of aryl methyl sites for hydroxylation is 2. The third kappa shape index (κ3) is 3.45. The van der Waals surface area contributed by atoms with Gasteiger partial charge in [0.05, 0.1) is 11.5 Å². The average Bonchev–Trinajstić information content (AvgIpc) is 2.84. The van der Waals surface area contributed by atoms with Gasteiger partial charge in [0.15, 0.2) is 5.16 Å². The molecule has 2 heterocycles. The number of esters is 1. The fourth-order valence-corrected chi connectivity index (χ4v) is 4.85. The third-order valence-electron chi connectivity index (χ3n) is 3.78. The number of fused-ring (bicyclic) bond motifs is 3. The molecule has 1 aliphatic rings. The van der Waals surface area contributed by atoms with Gasteiger partial charge in [0.1, 0.15) is 10.1 Å². The lowest BCUT2D eigenvalue weighted by atomic mass is 9.97. The summed E-state index contributed by atoms with van der Waals surface area (Å²) in [6, 6.07) is 0. The molecule has 0 unspecified atom stereocenters. The topological polar surface area (TPSA) is 72.0 Å². The van der Waals surface area contributed by atoms with Crippen molar-refractivity contribution < 1.29 is 9.53 Å². The molecule has 5 nitrogen and oxygen atoms in total. The zero-order valence-electron chi connectivity index (χ0n) is 13.5. The van der Waals surface area contributed by atoms with Crippen LogP contribution in [0.15, 0.2) is 9.95 Å². The van der Waals surface area contributed by atoms with E-state index >= 15 is 0 Å². The van der Waals surface area contributed by atoms with E-state index in [4.69, 9.17) is 4.74 Å². The van der Waals surface area contributed by atoms with Crippen molar-refractivity contribution >= 4 is 39.3 Å². The summed E-state index contributed by atoms with van der Waals surface area (Å²) >= 11 is 2.85. The maximum Gasteiger partial charge on any atom is 0.319 e. The van der Waals surface area contributed by atoms with Crippen LogP contribution in [0.4, 0.5) is 0 Å². The molecule has 0 radical (unpaired) electrons. The van der Waals surface area contributed by atoms with E-state index in [1.54, 1.807) is 18.3 Å². The number of aromatic amines is 1. The van der Waals surface area contributed by atoms with E-state index in [0.717, 1.165) is 29.5 Å². The first-order valence-electron chi connectivity index (χ1n) is 7.87. The number of hydrogen-bond acceptors (Lipinski definition) is 6. The van der Waals surface area contributed by atoms with Crippen molar-refractivity contribution in [2.45, 2.75) is 63.0 Å². The summed E-state index contributed by atoms with van der Waals surface area (Å²) in [7, 11) is 0. The van der Waals surface area contributed by atoms with Crippen LogP contribution in [0.25, 0.3) is 10.2 Å². The molecule has 0 spiro atoms. The van der Waals surface area contributed by atoms with Gasteiger partial charge in [-0.3, -0.25) is 9.59 Å². The number of ether oxygens (including phenoxy) is 1. The molecule has 0 aromatic carbocycles. The first-order valence-corrected chi connectivity index (χ1v) is 9.57. The first-order chi connectivity index (χ1) is 11.0. The number of rotatable bonds is 4. The Morgan fingerprint density at radius 2 is 2.04 bits per heavy atom. The molecule has 0 aliphatic heterocycles. The maximum absolute atomic E-state index is 12.4. The second-order valence-corrected chi connectivity index (χ2v) is 8.42. The highest BCUT2D eigenvalue weighted by atomic mass is 32.2. The van der Waals surface area contributed by atoms with Gasteiger partial charge in [-0.15, -0.1) is 11.3 Å². The minimum atomic E-state index is -0.410. The summed E-state index contributed by atoms with van der Waals surface area (Å²) in [6.45, 7) is 5.40. The molecular weight excluding hydrogens is 332 g/mol. The van der Waals surface area contributed by atoms with Gasteiger partial charge in [-0.1, -0.05) is 11.8 Å². The van der Waals surface area contributed by atoms with Gasteiger partial charge in [0, 0.05) is 4.88 Å². The lowest BCUT2D eigenvalue weighted by Gasteiger charge is -2.13. The van der Waals surface area contributed by atoms with Crippen LogP contribution in [0.3, 0.4) is 0 Å². The Morgan fingerprint density at radius 3 is 2.78 bits per heavy atom. The van der Waals surface area contributed by atoms with Crippen LogP contribution in [0.1, 0.15) is 44.1 Å². The average molecular weight is 352 g/mol. The monoisotopic (exact) mass is 352 g/mol. The van der Waals surface area contributed by atoms with E-state index in [2.05, 4.69) is 9.97 Å². The molecule has 7 heteroatoms. The van der Waals surface area contributed by atoms with Gasteiger partial charge >= 0.3 is 5.97 Å². The number of nitrogens with zero attached hydrogens (tertiary/aromatic N) is 1. The molecule has 1 aliphatic carbocycles. The third-order valence-corrected chi connectivity index (χ3v) is 5.92. The summed E-state index contributed by atoms with van der Waals surface area (Å²) < 4.78 is 5.19. The summed E-state index contributed by atoms with van der Waals surface area (Å²) in [5.41, 5.74) is 1.08. The number of thiophene rings is 1. The van der Waals surface area contributed by atoms with Crippen molar-refractivity contribution in [1.82, 2.24) is 9.97 Å². The SMILES string of the molecule is CC(C)OC(=O)[C@@H](C)Sc1nc2sc3c(c2c(=O)[nH]1)CCCC3. The smallest absolute Gasteiger partial charge is 0.319 e. The Hall–Kier alpha value is -1.34. The van der Waals surface area contributed by atoms with Gasteiger partial charge in [-0.25, -0.2) is 4.98 Å². The van der Waals surface area contributed by atoms with Crippen LogP contribution in [0.2, 0.25) is 0 Å². The number of aromatic nitrogens is 2. The lowest BCUT2D eigenvalue weighted by Crippen LogP contribution is -2.21. The number of nitrogens with one attached hydrogen (secondary N) is 1. The van der Waals surface area contributed by atoms with E-state index in [-0.39, 0.29) is 17.6 Å². The summed E-state index contributed by atoms with van der Waals surface area (Å²) in [5.74, 6) is -0.293. The number of carbonyl (C=O) groups excluding carboxylic acids is 1. The van der Waals surface area contributed by atoms with Crippen LogP contribution >= 0.6 is 23.1 Å². The van der Waals surface area contributed by atoms with E-state index in [9.17, 15) is 9.59 Å². The van der Waals surface area contributed by atoms with Crippen molar-refractivity contribution in [2.75, 3.05) is 0 Å². The molecule has 3 rings (SSSR count). The second kappa shape index (κ2) is 6.65. The fourth-order valence-electron chi connectivity index (χ4n) is 2.74. The Kier molecular flexibility index (Phi) is 4.77. The minimum Gasteiger partial charge on any atom is -0.462 e. The molecule has 124 valence electrons. The zero-order chi connectivity index (χ0) is 16.6. The van der Waals surface area contributed by atoms with Crippen molar-refractivity contribution in [3.05, 3.63) is 20.8 Å². The van der Waals surface area contributed by atoms with E-state index in [1.165, 1.54) is 28.6 Å². The fraction of sp³-hybridized carbons (Fsp3) is 0.562. The number of H-pyrrole nitrogens is 1. The number of carbonyl (C=O) groups is 1. The van der Waals surface area contributed by atoms with Crippen LogP contribution in [-0.2, 0) is 22.4 Å². The summed E-state index contributed by atoms with van der Waals surface area (Å²) in [5, 5.41) is 0.813. The maximum atomic E-state index is 12.4. The quantitative estimate of drug-likeness (QED) is 0.519. The van der Waals surface area contributed by atoms with Crippen LogP contribution in [-0.4, -0.2) is 27.3 Å². The van der Waals surface area contributed by atoms with Crippen molar-refractivity contribution in [3.8, 4) is 0 Å². The molecule has 1 N–H and O–H groups in total. The van der Waals surface area contributed by atoms with Gasteiger partial charge < -0.3 is 9.72 Å². The van der Waals surface area contributed by atoms with Gasteiger partial charge in [0.25, 0.3) is 5.56 Å². The molecule has 0 amide bonds. The van der Waals surface area contributed by atoms with Crippen LogP contribution in [0, 0.1) is 0 Å². The highest BCUT2D eigenvalue weighted by Crippen LogP contribution is 2.34. The van der Waals surface area contributed by atoms with Crippen molar-refractivity contribution in [1.29, 1.82) is 0 Å². The van der Waals surface area contributed by atoms with Gasteiger partial charge in [-0.05, 0) is 52.0 Å². The molecular formula is C16H20N2O3S2. The normalized spacial score (nSPS) is 15.7. The molecule has 0 bridgehead atoms. The van der Waals surface area contributed by atoms with E-state index in [1.807, 2.05) is 13.8 Å². The van der Waals surface area contributed by atoms with Crippen LogP contribution in [0.5, 0.6) is 0 Å². The molecule has 2 aromatic rings. The number of hydrogen-bond donors (Lipinski definition) is 1. The summed E-state index contributed by atoms with van der Waals surface area (Å²) in [4.78, 5) is 33.8. The van der Waals surface area contributed by atoms with Gasteiger partial charge in [0.2, 0.25) is 0 Å². The Balaban J connectivity index is 1.88. The van der Waals surface area contributed by atoms with Crippen molar-refractivity contribution in [2.24, 2.45) is 0 Å². The Labute approximate surface area is 142 Å². The highest BCUT2D eigenvalue weighted by Gasteiger charge is 2.22. The molecule has 0 fully saturated rings. The Bertz CT molecular complexity index is 794. The largest absolute Gasteiger partial charge is 0.462 e. The Morgan fingerprint density at radius 1 is 1.30 bits per heavy atom. The molecule has 0 saturated carbocycles. The molecule has 1 atom stereocenters. The lowest BCUT2D eigenvalue weighted by molar-refractivity contribution is -0.146. The first kappa shape index (κ1) is 16.5. The predicted octanol–water partition coefficient (Wildman–Crippen LogP) is 3.30. The van der Waals surface area contributed by atoms with E-state index < -0.39 is 5.25 Å². The summed E-state index contributed by atoms with van der Waals surface area (Å²) in [6.07, 6.45) is 4.16. The predicted molar refractivity (Wildman–Crippen MR) is 93.4 cm³/mol. The standard InChI is InChI=1S/C16H20N2O3S2/c1-8(2)21-15(20)9(3)22-16-17-13(19)12-10-6-4-5-7-11(10)23-14(12)18-16/h8-9H,4-7H2,1-3H3,(H,17,18,19)/t9-/m1/s1. The molecule has 2 aromatic heterocycles. The number of thioether (sulfide) groups is 1. The van der Waals surface area contributed by atoms with Crippen molar-refractivity contribution in [3.63, 3.8) is 0 Å².